The van der Waals surface area contributed by atoms with Gasteiger partial charge in [0, 0.05) is 20.6 Å². The van der Waals surface area contributed by atoms with Crippen LogP contribution in [0.3, 0.4) is 0 Å². The molecule has 49 heavy (non-hydrogen) atoms. The van der Waals surface area contributed by atoms with E-state index in [1.54, 1.807) is 72.1 Å². The van der Waals surface area contributed by atoms with Crippen molar-refractivity contribution in [1.82, 2.24) is 31.1 Å². The number of likely N-dealkylation sites (tertiary alicyclic amines) is 1. The molecule has 1 aliphatic carbocycles. The molecule has 3 rings (SSSR count). The molecule has 14 heteroatoms. The zero-order valence-corrected chi connectivity index (χ0v) is 29.8. The number of likely N-dealkylation sites (N-methyl/N-ethyl adjacent to an activating group) is 1. The molecule has 1 aliphatic heterocycles. The highest BCUT2D eigenvalue weighted by atomic mass is 16.5. The second kappa shape index (κ2) is 16.8. The molecule has 1 heterocycles. The Hall–Kier alpha value is -4.49. The predicted molar refractivity (Wildman–Crippen MR) is 181 cm³/mol. The molecule has 0 radical (unpaired) electrons. The van der Waals surface area contributed by atoms with E-state index >= 15 is 0 Å². The highest BCUT2D eigenvalue weighted by Gasteiger charge is 2.58. The largest absolute Gasteiger partial charge is 0.449 e. The molecule has 270 valence electrons. The first-order valence-corrected chi connectivity index (χ1v) is 16.9. The van der Waals surface area contributed by atoms with Gasteiger partial charge in [0.2, 0.25) is 29.4 Å². The molecule has 1 aromatic rings. The molecule has 1 unspecified atom stereocenters. The van der Waals surface area contributed by atoms with Gasteiger partial charge in [-0.1, -0.05) is 78.3 Å². The number of hydrogen-bond donors (Lipinski definition) is 4. The van der Waals surface area contributed by atoms with Crippen LogP contribution < -0.4 is 21.3 Å². The molecule has 1 saturated carbocycles. The van der Waals surface area contributed by atoms with Gasteiger partial charge in [0.15, 0.2) is 0 Å². The SMILES string of the molecule is CCC[C@H](NC(=O)[C@@H]1C2C[C@H]2CN1C(=O)[C@@H](NC(=O)OCC(C)C)C(C)(C)C)C(=O)C(=O)NCC(=O)N[C@H](C(=O)N(C)C)c1ccccc1. The fourth-order valence-electron chi connectivity index (χ4n) is 5.87. The number of Topliss-reactive ketones (excluding diaryl/α,β-unsaturated/α-hetero) is 1. The molecule has 14 nitrogen and oxygen atoms in total. The van der Waals surface area contributed by atoms with Crippen molar-refractivity contribution >= 4 is 41.4 Å². The van der Waals surface area contributed by atoms with Gasteiger partial charge in [-0.25, -0.2) is 4.79 Å². The minimum atomic E-state index is -1.19. The third kappa shape index (κ3) is 10.5. The van der Waals surface area contributed by atoms with Crippen LogP contribution in [0, 0.1) is 23.2 Å². The van der Waals surface area contributed by atoms with Crippen LogP contribution >= 0.6 is 0 Å². The molecule has 0 spiro atoms. The van der Waals surface area contributed by atoms with Gasteiger partial charge >= 0.3 is 6.09 Å². The third-order valence-corrected chi connectivity index (χ3v) is 8.59. The van der Waals surface area contributed by atoms with Crippen LogP contribution in [0.15, 0.2) is 30.3 Å². The maximum Gasteiger partial charge on any atom is 0.407 e. The Morgan fingerprint density at radius 3 is 2.20 bits per heavy atom. The number of rotatable bonds is 15. The average Bonchev–Trinajstić information content (AvgIpc) is 3.70. The van der Waals surface area contributed by atoms with E-state index in [4.69, 9.17) is 4.74 Å². The Morgan fingerprint density at radius 2 is 1.63 bits per heavy atom. The second-order valence-corrected chi connectivity index (χ2v) is 14.6. The van der Waals surface area contributed by atoms with Crippen molar-refractivity contribution in [3.05, 3.63) is 35.9 Å². The third-order valence-electron chi connectivity index (χ3n) is 8.59. The number of fused-ring (bicyclic) bond motifs is 1. The Balaban J connectivity index is 1.66. The summed E-state index contributed by atoms with van der Waals surface area (Å²) in [6, 6.07) is 4.59. The van der Waals surface area contributed by atoms with Crippen molar-refractivity contribution in [2.75, 3.05) is 33.8 Å². The number of amides is 6. The van der Waals surface area contributed by atoms with E-state index in [2.05, 4.69) is 21.3 Å². The van der Waals surface area contributed by atoms with E-state index < -0.39 is 71.6 Å². The van der Waals surface area contributed by atoms with Crippen molar-refractivity contribution < 1.29 is 38.3 Å². The summed E-state index contributed by atoms with van der Waals surface area (Å²) in [5.74, 6) is -3.91. The number of ether oxygens (including phenoxy) is 1. The number of hydrogen-bond acceptors (Lipinski definition) is 8. The maximum atomic E-state index is 13.9. The number of piperidine rings is 1. The lowest BCUT2D eigenvalue weighted by molar-refractivity contribution is -0.145. The maximum absolute atomic E-state index is 13.9. The van der Waals surface area contributed by atoms with Crippen molar-refractivity contribution in [2.45, 2.75) is 85.0 Å². The minimum absolute atomic E-state index is 0.102. The predicted octanol–water partition coefficient (Wildman–Crippen LogP) is 1.55. The van der Waals surface area contributed by atoms with Crippen LogP contribution in [-0.2, 0) is 33.5 Å². The van der Waals surface area contributed by atoms with Crippen molar-refractivity contribution in [1.29, 1.82) is 0 Å². The van der Waals surface area contributed by atoms with Gasteiger partial charge in [0.25, 0.3) is 5.91 Å². The first-order valence-electron chi connectivity index (χ1n) is 16.9. The summed E-state index contributed by atoms with van der Waals surface area (Å²) in [5.41, 5.74) is -0.149. The van der Waals surface area contributed by atoms with E-state index in [0.29, 0.717) is 18.5 Å². The summed E-state index contributed by atoms with van der Waals surface area (Å²) < 4.78 is 5.25. The lowest BCUT2D eigenvalue weighted by Gasteiger charge is -2.36. The topological polar surface area (TPSA) is 183 Å². The number of carbonyl (C=O) groups excluding carboxylic acids is 7. The van der Waals surface area contributed by atoms with Gasteiger partial charge in [0.1, 0.15) is 18.1 Å². The molecule has 2 aliphatic rings. The molecule has 6 atom stereocenters. The molecule has 0 bridgehead atoms. The summed E-state index contributed by atoms with van der Waals surface area (Å²) in [4.78, 5) is 94.6. The average molecular weight is 685 g/mol. The zero-order chi connectivity index (χ0) is 36.6. The molecule has 4 N–H and O–H groups in total. The van der Waals surface area contributed by atoms with Gasteiger partial charge in [0.05, 0.1) is 19.2 Å². The van der Waals surface area contributed by atoms with Gasteiger partial charge in [-0.05, 0) is 41.6 Å². The second-order valence-electron chi connectivity index (χ2n) is 14.6. The van der Waals surface area contributed by atoms with E-state index in [1.165, 1.54) is 9.80 Å². The number of ketones is 1. The van der Waals surface area contributed by atoms with Crippen LogP contribution in [0.4, 0.5) is 4.79 Å². The summed E-state index contributed by atoms with van der Waals surface area (Å²) >= 11 is 0. The van der Waals surface area contributed by atoms with Crippen LogP contribution in [0.25, 0.3) is 0 Å². The van der Waals surface area contributed by atoms with E-state index in [1.807, 2.05) is 13.8 Å². The lowest BCUT2D eigenvalue weighted by Crippen LogP contribution is -2.60. The van der Waals surface area contributed by atoms with E-state index in [0.717, 1.165) is 6.42 Å². The highest BCUT2D eigenvalue weighted by molar-refractivity contribution is 6.38. The Morgan fingerprint density at radius 1 is 0.980 bits per heavy atom. The Labute approximate surface area is 288 Å². The number of carbonyl (C=O) groups is 7. The standard InChI is InChI=1S/C35H52N6O8/c1-9-13-24(28(43)31(45)36-17-25(42)38-26(32(46)40(7)8)21-14-11-10-12-15-21)37-30(44)27-23-16-22(23)18-41(27)33(47)29(35(4,5)6)39-34(48)49-19-20(2)3/h10-12,14-15,20,22-24,26-27,29H,9,13,16-19H2,1-8H3,(H,36,45)(H,37,44)(H,38,42)(H,39,48)/t22-,23?,24-,26-,27-,29+/m0/s1. The number of nitrogens with one attached hydrogen (secondary N) is 4. The monoisotopic (exact) mass is 684 g/mol. The zero-order valence-electron chi connectivity index (χ0n) is 29.8. The number of nitrogens with zero attached hydrogens (tertiary/aromatic N) is 2. The van der Waals surface area contributed by atoms with Gasteiger partial charge in [-0.15, -0.1) is 0 Å². The van der Waals surface area contributed by atoms with Crippen molar-refractivity contribution in [3.63, 3.8) is 0 Å². The van der Waals surface area contributed by atoms with Crippen molar-refractivity contribution in [3.8, 4) is 0 Å². The first-order chi connectivity index (χ1) is 23.0. The fraction of sp³-hybridized carbons (Fsp3) is 0.629. The van der Waals surface area contributed by atoms with Gasteiger partial charge < -0.3 is 35.8 Å². The smallest absolute Gasteiger partial charge is 0.407 e. The molecular formula is C35H52N6O8. The van der Waals surface area contributed by atoms with Crippen molar-refractivity contribution in [2.24, 2.45) is 23.2 Å². The van der Waals surface area contributed by atoms with Crippen LogP contribution in [0.2, 0.25) is 0 Å². The van der Waals surface area contributed by atoms with Crippen LogP contribution in [-0.4, -0.2) is 103 Å². The Bertz CT molecular complexity index is 1390. The summed E-state index contributed by atoms with van der Waals surface area (Å²) in [6.45, 7) is 11.0. The van der Waals surface area contributed by atoms with E-state index in [-0.39, 0.29) is 36.7 Å². The highest BCUT2D eigenvalue weighted by Crippen LogP contribution is 2.50. The normalized spacial score (nSPS) is 19.9. The summed E-state index contributed by atoms with van der Waals surface area (Å²) in [5, 5.41) is 10.3. The summed E-state index contributed by atoms with van der Waals surface area (Å²) in [6.07, 6.45) is 0.638. The molecule has 1 saturated heterocycles. The summed E-state index contributed by atoms with van der Waals surface area (Å²) in [7, 11) is 3.11. The van der Waals surface area contributed by atoms with Crippen LogP contribution in [0.1, 0.15) is 72.4 Å². The van der Waals surface area contributed by atoms with Crippen LogP contribution in [0.5, 0.6) is 0 Å². The Kier molecular flexibility index (Phi) is 13.3. The first kappa shape index (κ1) is 39.0. The van der Waals surface area contributed by atoms with E-state index in [9.17, 15) is 33.6 Å². The lowest BCUT2D eigenvalue weighted by atomic mass is 9.85. The molecule has 1 aromatic carbocycles. The number of benzene rings is 1. The fourth-order valence-corrected chi connectivity index (χ4v) is 5.87. The molecule has 0 aromatic heterocycles. The molecule has 2 fully saturated rings. The number of alkyl carbamates (subject to hydrolysis) is 1. The molecule has 6 amide bonds. The van der Waals surface area contributed by atoms with Gasteiger partial charge in [-0.3, -0.25) is 28.8 Å². The quantitative estimate of drug-likeness (QED) is 0.201. The molecular weight excluding hydrogens is 632 g/mol. The minimum Gasteiger partial charge on any atom is -0.449 e. The van der Waals surface area contributed by atoms with Gasteiger partial charge in [-0.2, -0.15) is 0 Å².